The highest BCUT2D eigenvalue weighted by molar-refractivity contribution is 6.00. The summed E-state index contributed by atoms with van der Waals surface area (Å²) in [6, 6.07) is 14.4. The van der Waals surface area contributed by atoms with Gasteiger partial charge in [0, 0.05) is 30.9 Å². The Kier molecular flexibility index (Phi) is 6.85. The Bertz CT molecular complexity index is 922. The minimum absolute atomic E-state index is 0.0973. The minimum atomic E-state index is -0.376. The molecule has 0 aromatic heterocycles. The molecule has 1 fully saturated rings. The van der Waals surface area contributed by atoms with E-state index in [0.29, 0.717) is 30.2 Å². The van der Waals surface area contributed by atoms with Crippen molar-refractivity contribution in [2.45, 2.75) is 13.3 Å². The zero-order valence-corrected chi connectivity index (χ0v) is 16.9. The van der Waals surface area contributed by atoms with Gasteiger partial charge < -0.3 is 20.3 Å². The Hall–Kier alpha value is -3.61. The van der Waals surface area contributed by atoms with Gasteiger partial charge >= 0.3 is 0 Å². The summed E-state index contributed by atoms with van der Waals surface area (Å²) in [5.41, 5.74) is 2.52. The van der Waals surface area contributed by atoms with Crippen LogP contribution in [0.1, 0.15) is 12.0 Å². The molecule has 2 N–H and O–H groups in total. The van der Waals surface area contributed by atoms with Crippen LogP contribution in [0.25, 0.3) is 0 Å². The summed E-state index contributed by atoms with van der Waals surface area (Å²) in [5.74, 6) is -0.361. The van der Waals surface area contributed by atoms with Crippen molar-refractivity contribution in [2.24, 2.45) is 5.92 Å². The third-order valence-corrected chi connectivity index (χ3v) is 4.77. The van der Waals surface area contributed by atoms with E-state index in [2.05, 4.69) is 17.2 Å². The maximum Gasteiger partial charge on any atom is 0.262 e. The number of hydrogen-bond donors (Lipinski definition) is 2. The molecule has 1 aliphatic heterocycles. The summed E-state index contributed by atoms with van der Waals surface area (Å²) in [5, 5.41) is 5.50. The van der Waals surface area contributed by atoms with Crippen molar-refractivity contribution in [3.05, 3.63) is 66.7 Å². The SMILES string of the molecule is C=CCNC(=O)[C@H]1CC(=O)N(c2ccc(OCC(=O)Nc3ccc(C)cc3)cc2)C1. The van der Waals surface area contributed by atoms with Crippen LogP contribution in [0.2, 0.25) is 0 Å². The van der Waals surface area contributed by atoms with E-state index in [1.165, 1.54) is 0 Å². The lowest BCUT2D eigenvalue weighted by molar-refractivity contribution is -0.126. The van der Waals surface area contributed by atoms with Gasteiger partial charge in [0.25, 0.3) is 5.91 Å². The summed E-state index contributed by atoms with van der Waals surface area (Å²) >= 11 is 0. The first-order chi connectivity index (χ1) is 14.5. The van der Waals surface area contributed by atoms with E-state index < -0.39 is 0 Å². The fraction of sp³-hybridized carbons (Fsp3) is 0.261. The van der Waals surface area contributed by atoms with Crippen LogP contribution in [-0.4, -0.2) is 37.4 Å². The lowest BCUT2D eigenvalue weighted by Gasteiger charge is -2.17. The lowest BCUT2D eigenvalue weighted by Crippen LogP contribution is -2.32. The summed E-state index contributed by atoms with van der Waals surface area (Å²) < 4.78 is 5.52. The van der Waals surface area contributed by atoms with Crippen molar-refractivity contribution >= 4 is 29.1 Å². The van der Waals surface area contributed by atoms with Crippen molar-refractivity contribution in [1.29, 1.82) is 0 Å². The number of anilines is 2. The van der Waals surface area contributed by atoms with Gasteiger partial charge in [-0.1, -0.05) is 23.8 Å². The molecule has 1 atom stereocenters. The Morgan fingerprint density at radius 2 is 1.87 bits per heavy atom. The first-order valence-electron chi connectivity index (χ1n) is 9.74. The fourth-order valence-electron chi connectivity index (χ4n) is 3.15. The highest BCUT2D eigenvalue weighted by atomic mass is 16.5. The first-order valence-corrected chi connectivity index (χ1v) is 9.74. The smallest absolute Gasteiger partial charge is 0.262 e. The largest absolute Gasteiger partial charge is 0.484 e. The second-order valence-electron chi connectivity index (χ2n) is 7.14. The van der Waals surface area contributed by atoms with E-state index in [4.69, 9.17) is 4.74 Å². The van der Waals surface area contributed by atoms with Gasteiger partial charge in [-0.05, 0) is 43.3 Å². The van der Waals surface area contributed by atoms with Crippen LogP contribution in [0.5, 0.6) is 5.75 Å². The van der Waals surface area contributed by atoms with Crippen molar-refractivity contribution in [3.63, 3.8) is 0 Å². The monoisotopic (exact) mass is 407 g/mol. The molecule has 7 heteroatoms. The molecule has 1 saturated heterocycles. The molecule has 0 spiro atoms. The van der Waals surface area contributed by atoms with Crippen molar-refractivity contribution < 1.29 is 19.1 Å². The van der Waals surface area contributed by atoms with Crippen LogP contribution in [0, 0.1) is 12.8 Å². The summed E-state index contributed by atoms with van der Waals surface area (Å²) in [4.78, 5) is 38.0. The number of amides is 3. The Labute approximate surface area is 175 Å². The van der Waals surface area contributed by atoms with E-state index in [9.17, 15) is 14.4 Å². The lowest BCUT2D eigenvalue weighted by atomic mass is 10.1. The zero-order valence-electron chi connectivity index (χ0n) is 16.9. The highest BCUT2D eigenvalue weighted by Gasteiger charge is 2.34. The predicted octanol–water partition coefficient (Wildman–Crippen LogP) is 2.67. The molecule has 0 unspecified atom stereocenters. The number of nitrogens with one attached hydrogen (secondary N) is 2. The molecule has 156 valence electrons. The average molecular weight is 407 g/mol. The van der Waals surface area contributed by atoms with E-state index >= 15 is 0 Å². The van der Waals surface area contributed by atoms with E-state index in [0.717, 1.165) is 5.56 Å². The highest BCUT2D eigenvalue weighted by Crippen LogP contribution is 2.27. The topological polar surface area (TPSA) is 87.7 Å². The van der Waals surface area contributed by atoms with Gasteiger partial charge in [-0.3, -0.25) is 14.4 Å². The van der Waals surface area contributed by atoms with Gasteiger partial charge in [0.2, 0.25) is 11.8 Å². The number of rotatable bonds is 8. The minimum Gasteiger partial charge on any atom is -0.484 e. The molecule has 0 saturated carbocycles. The molecule has 0 radical (unpaired) electrons. The molecule has 1 aliphatic rings. The molecule has 3 rings (SSSR count). The average Bonchev–Trinajstić information content (AvgIpc) is 3.14. The summed E-state index contributed by atoms with van der Waals surface area (Å²) in [6.45, 7) is 6.14. The Balaban J connectivity index is 1.51. The molecule has 2 aromatic carbocycles. The second kappa shape index (κ2) is 9.73. The van der Waals surface area contributed by atoms with Crippen LogP contribution in [0.4, 0.5) is 11.4 Å². The normalized spacial score (nSPS) is 15.6. The van der Waals surface area contributed by atoms with E-state index in [-0.39, 0.29) is 36.7 Å². The second-order valence-corrected chi connectivity index (χ2v) is 7.14. The molecule has 0 bridgehead atoms. The number of aryl methyl sites for hydroxylation is 1. The van der Waals surface area contributed by atoms with Crippen LogP contribution >= 0.6 is 0 Å². The van der Waals surface area contributed by atoms with Crippen LogP contribution < -0.4 is 20.3 Å². The molecular formula is C23H25N3O4. The van der Waals surface area contributed by atoms with Gasteiger partial charge in [-0.25, -0.2) is 0 Å². The van der Waals surface area contributed by atoms with Crippen LogP contribution in [0.15, 0.2) is 61.2 Å². The predicted molar refractivity (Wildman–Crippen MR) is 115 cm³/mol. The fourth-order valence-corrected chi connectivity index (χ4v) is 3.15. The van der Waals surface area contributed by atoms with E-state index in [1.807, 2.05) is 31.2 Å². The van der Waals surface area contributed by atoms with E-state index in [1.54, 1.807) is 35.2 Å². The van der Waals surface area contributed by atoms with Crippen LogP contribution in [0.3, 0.4) is 0 Å². The maximum absolute atomic E-state index is 12.3. The summed E-state index contributed by atoms with van der Waals surface area (Å²) in [7, 11) is 0. The zero-order chi connectivity index (χ0) is 21.5. The van der Waals surface area contributed by atoms with Gasteiger partial charge in [-0.15, -0.1) is 6.58 Å². The summed E-state index contributed by atoms with van der Waals surface area (Å²) in [6.07, 6.45) is 1.78. The molecule has 30 heavy (non-hydrogen) atoms. The van der Waals surface area contributed by atoms with Crippen molar-refractivity contribution in [2.75, 3.05) is 29.9 Å². The molecule has 1 heterocycles. The van der Waals surface area contributed by atoms with Gasteiger partial charge in [0.15, 0.2) is 6.61 Å². The third kappa shape index (κ3) is 5.47. The number of benzene rings is 2. The quantitative estimate of drug-likeness (QED) is 0.659. The number of carbonyl (C=O) groups excluding carboxylic acids is 3. The van der Waals surface area contributed by atoms with Gasteiger partial charge in [-0.2, -0.15) is 0 Å². The molecule has 0 aliphatic carbocycles. The molecule has 3 amide bonds. The van der Waals surface area contributed by atoms with Gasteiger partial charge in [0.1, 0.15) is 5.75 Å². The molecule has 7 nitrogen and oxygen atoms in total. The third-order valence-electron chi connectivity index (χ3n) is 4.77. The standard InChI is InChI=1S/C23H25N3O4/c1-3-12-24-23(29)17-13-22(28)26(14-17)19-8-10-20(11-9-19)30-15-21(27)25-18-6-4-16(2)5-7-18/h3-11,17H,1,12-15H2,2H3,(H,24,29)(H,25,27)/t17-/m0/s1. The number of ether oxygens (including phenoxy) is 1. The molecular weight excluding hydrogens is 382 g/mol. The Morgan fingerprint density at radius 1 is 1.17 bits per heavy atom. The van der Waals surface area contributed by atoms with Crippen molar-refractivity contribution in [1.82, 2.24) is 5.32 Å². The molecule has 2 aromatic rings. The van der Waals surface area contributed by atoms with Crippen LogP contribution in [-0.2, 0) is 14.4 Å². The number of carbonyl (C=O) groups is 3. The van der Waals surface area contributed by atoms with Crippen molar-refractivity contribution in [3.8, 4) is 5.75 Å². The van der Waals surface area contributed by atoms with Gasteiger partial charge in [0.05, 0.1) is 5.92 Å². The Morgan fingerprint density at radius 3 is 2.53 bits per heavy atom. The first kappa shape index (κ1) is 21.1. The maximum atomic E-state index is 12.3. The number of nitrogens with zero attached hydrogens (tertiary/aromatic N) is 1. The number of hydrogen-bond acceptors (Lipinski definition) is 4.